The summed E-state index contributed by atoms with van der Waals surface area (Å²) in [5.74, 6) is 1.55. The number of ketones is 1. The Morgan fingerprint density at radius 3 is 2.85 bits per heavy atom. The van der Waals surface area contributed by atoms with Gasteiger partial charge in [0.05, 0.1) is 11.8 Å². The van der Waals surface area contributed by atoms with Gasteiger partial charge in [-0.25, -0.2) is 0 Å². The second kappa shape index (κ2) is 3.02. The molecule has 0 unspecified atom stereocenters. The number of hydrogen-bond acceptors (Lipinski definition) is 2. The summed E-state index contributed by atoms with van der Waals surface area (Å²) in [5.41, 5.74) is 1.96. The summed E-state index contributed by atoms with van der Waals surface area (Å²) < 4.78 is 5.40. The lowest BCUT2D eigenvalue weighted by molar-refractivity contribution is 0.0968. The molecular weight excluding hydrogens is 164 g/mol. The summed E-state index contributed by atoms with van der Waals surface area (Å²) >= 11 is 0. The number of furan rings is 1. The Balaban J connectivity index is 2.50. The van der Waals surface area contributed by atoms with Crippen molar-refractivity contribution in [1.29, 1.82) is 0 Å². The number of hydrogen-bond donors (Lipinski definition) is 0. The Kier molecular flexibility index (Phi) is 1.98. The number of rotatable bonds is 1. The molecule has 1 aromatic rings. The summed E-state index contributed by atoms with van der Waals surface area (Å²) in [6.45, 7) is 4.18. The van der Waals surface area contributed by atoms with Crippen LogP contribution in [0.4, 0.5) is 0 Å². The van der Waals surface area contributed by atoms with Crippen LogP contribution in [0.15, 0.2) is 10.7 Å². The molecule has 0 saturated heterocycles. The van der Waals surface area contributed by atoms with E-state index in [0.29, 0.717) is 12.3 Å². The van der Waals surface area contributed by atoms with Crippen LogP contribution in [0.25, 0.3) is 0 Å². The van der Waals surface area contributed by atoms with Crippen LogP contribution in [-0.2, 0) is 6.42 Å². The first kappa shape index (κ1) is 8.54. The van der Waals surface area contributed by atoms with Gasteiger partial charge in [-0.05, 0) is 12.3 Å². The maximum absolute atomic E-state index is 11.6. The first-order chi connectivity index (χ1) is 6.20. The number of carbonyl (C=O) groups is 1. The summed E-state index contributed by atoms with van der Waals surface area (Å²) in [5, 5.41) is 0. The molecule has 0 aliphatic heterocycles. The Morgan fingerprint density at radius 1 is 1.38 bits per heavy atom. The lowest BCUT2D eigenvalue weighted by Crippen LogP contribution is -2.10. The zero-order valence-corrected chi connectivity index (χ0v) is 8.09. The molecule has 0 amide bonds. The van der Waals surface area contributed by atoms with E-state index >= 15 is 0 Å². The molecule has 13 heavy (non-hydrogen) atoms. The van der Waals surface area contributed by atoms with Crippen molar-refractivity contribution >= 4 is 5.78 Å². The molecule has 2 heteroatoms. The van der Waals surface area contributed by atoms with E-state index in [1.54, 1.807) is 6.26 Å². The average molecular weight is 178 g/mol. The van der Waals surface area contributed by atoms with Gasteiger partial charge < -0.3 is 4.42 Å². The predicted octanol–water partition coefficient (Wildman–Crippen LogP) is 2.92. The highest BCUT2D eigenvalue weighted by atomic mass is 16.3. The van der Waals surface area contributed by atoms with E-state index < -0.39 is 0 Å². The van der Waals surface area contributed by atoms with Crippen molar-refractivity contribution in [3.63, 3.8) is 0 Å². The highest BCUT2D eigenvalue weighted by Gasteiger charge is 2.25. The van der Waals surface area contributed by atoms with Gasteiger partial charge in [0.2, 0.25) is 0 Å². The topological polar surface area (TPSA) is 30.2 Å². The summed E-state index contributed by atoms with van der Waals surface area (Å²) in [6.07, 6.45) is 4.30. The maximum Gasteiger partial charge on any atom is 0.166 e. The highest BCUT2D eigenvalue weighted by molar-refractivity contribution is 5.99. The number of Topliss-reactive ketones (excluding diaryl/α,β-unsaturated/α-hetero) is 1. The van der Waals surface area contributed by atoms with Crippen LogP contribution in [0, 0.1) is 0 Å². The smallest absolute Gasteiger partial charge is 0.166 e. The van der Waals surface area contributed by atoms with Crippen molar-refractivity contribution in [1.82, 2.24) is 0 Å². The van der Waals surface area contributed by atoms with Gasteiger partial charge in [-0.1, -0.05) is 13.8 Å². The fourth-order valence-electron chi connectivity index (χ4n) is 1.87. The fraction of sp³-hybridized carbons (Fsp3) is 0.545. The molecule has 1 aliphatic rings. The zero-order valence-electron chi connectivity index (χ0n) is 8.09. The molecule has 0 aromatic carbocycles. The largest absolute Gasteiger partial charge is 0.468 e. The Bertz CT molecular complexity index is 334. The Hall–Kier alpha value is -1.05. The molecule has 0 atom stereocenters. The van der Waals surface area contributed by atoms with Crippen LogP contribution in [0.2, 0.25) is 0 Å². The van der Waals surface area contributed by atoms with Crippen LogP contribution in [0.1, 0.15) is 54.3 Å². The maximum atomic E-state index is 11.6. The molecule has 0 spiro atoms. The molecular formula is C11H14O2. The van der Waals surface area contributed by atoms with Crippen LogP contribution in [0.5, 0.6) is 0 Å². The van der Waals surface area contributed by atoms with Crippen molar-refractivity contribution in [2.45, 2.75) is 39.0 Å². The summed E-state index contributed by atoms with van der Waals surface area (Å²) in [7, 11) is 0. The quantitative estimate of drug-likeness (QED) is 0.661. The van der Waals surface area contributed by atoms with Crippen molar-refractivity contribution in [3.8, 4) is 0 Å². The number of carbonyl (C=O) groups excluding carboxylic acids is 1. The van der Waals surface area contributed by atoms with Gasteiger partial charge in [0.15, 0.2) is 5.78 Å². The zero-order chi connectivity index (χ0) is 9.42. The normalized spacial score (nSPS) is 16.4. The minimum Gasteiger partial charge on any atom is -0.468 e. The molecule has 2 nitrogen and oxygen atoms in total. The standard InChI is InChI=1S/C11H14O2/c1-7(2)8-6-13-10-5-3-4-9(12)11(8)10/h6-7H,3-5H2,1-2H3. The molecule has 1 aromatic heterocycles. The molecule has 1 aliphatic carbocycles. The molecule has 70 valence electrons. The van der Waals surface area contributed by atoms with Crippen molar-refractivity contribution in [2.75, 3.05) is 0 Å². The van der Waals surface area contributed by atoms with E-state index in [9.17, 15) is 4.79 Å². The molecule has 0 N–H and O–H groups in total. The second-order valence-corrected chi connectivity index (χ2v) is 3.92. The highest BCUT2D eigenvalue weighted by Crippen LogP contribution is 2.30. The third-order valence-electron chi connectivity index (χ3n) is 2.60. The molecule has 1 heterocycles. The Labute approximate surface area is 77.9 Å². The summed E-state index contributed by atoms with van der Waals surface area (Å²) in [6, 6.07) is 0. The third-order valence-corrected chi connectivity index (χ3v) is 2.60. The molecule has 0 bridgehead atoms. The van der Waals surface area contributed by atoms with E-state index in [1.807, 2.05) is 0 Å². The monoisotopic (exact) mass is 178 g/mol. The lowest BCUT2D eigenvalue weighted by Gasteiger charge is -2.11. The van der Waals surface area contributed by atoms with E-state index in [4.69, 9.17) is 4.42 Å². The minimum absolute atomic E-state index is 0.263. The van der Waals surface area contributed by atoms with Crippen LogP contribution in [0.3, 0.4) is 0 Å². The van der Waals surface area contributed by atoms with Crippen LogP contribution < -0.4 is 0 Å². The SMILES string of the molecule is CC(C)c1coc2c1C(=O)CCC2. The third kappa shape index (κ3) is 1.30. The van der Waals surface area contributed by atoms with E-state index in [2.05, 4.69) is 13.8 Å². The van der Waals surface area contributed by atoms with Gasteiger partial charge in [0, 0.05) is 18.4 Å². The fourth-order valence-corrected chi connectivity index (χ4v) is 1.87. The predicted molar refractivity (Wildman–Crippen MR) is 50.1 cm³/mol. The van der Waals surface area contributed by atoms with Gasteiger partial charge in [-0.3, -0.25) is 4.79 Å². The first-order valence-electron chi connectivity index (χ1n) is 4.83. The molecule has 2 rings (SSSR count). The minimum atomic E-state index is 0.263. The van der Waals surface area contributed by atoms with Crippen LogP contribution >= 0.6 is 0 Å². The second-order valence-electron chi connectivity index (χ2n) is 3.92. The number of fused-ring (bicyclic) bond motifs is 1. The number of aryl methyl sites for hydroxylation is 1. The van der Waals surface area contributed by atoms with Crippen molar-refractivity contribution in [2.24, 2.45) is 0 Å². The Morgan fingerprint density at radius 2 is 2.15 bits per heavy atom. The molecule has 0 fully saturated rings. The molecule has 0 radical (unpaired) electrons. The van der Waals surface area contributed by atoms with Gasteiger partial charge in [-0.2, -0.15) is 0 Å². The van der Waals surface area contributed by atoms with Crippen molar-refractivity contribution < 1.29 is 9.21 Å². The van der Waals surface area contributed by atoms with Crippen molar-refractivity contribution in [3.05, 3.63) is 23.2 Å². The van der Waals surface area contributed by atoms with Gasteiger partial charge in [-0.15, -0.1) is 0 Å². The first-order valence-corrected chi connectivity index (χ1v) is 4.83. The van der Waals surface area contributed by atoms with Crippen LogP contribution in [-0.4, -0.2) is 5.78 Å². The summed E-state index contributed by atoms with van der Waals surface area (Å²) in [4.78, 5) is 11.6. The van der Waals surface area contributed by atoms with Gasteiger partial charge in [0.25, 0.3) is 0 Å². The van der Waals surface area contributed by atoms with Gasteiger partial charge >= 0.3 is 0 Å². The van der Waals surface area contributed by atoms with E-state index in [0.717, 1.165) is 29.7 Å². The molecule has 0 saturated carbocycles. The van der Waals surface area contributed by atoms with E-state index in [1.165, 1.54) is 0 Å². The van der Waals surface area contributed by atoms with E-state index in [-0.39, 0.29) is 5.78 Å². The van der Waals surface area contributed by atoms with Gasteiger partial charge in [0.1, 0.15) is 5.76 Å². The lowest BCUT2D eigenvalue weighted by atomic mass is 9.90. The average Bonchev–Trinajstić information content (AvgIpc) is 2.49.